The molecule has 4 heteroatoms. The van der Waals surface area contributed by atoms with Crippen LogP contribution in [0.2, 0.25) is 0 Å². The molecule has 0 aromatic heterocycles. The maximum Gasteiger partial charge on any atom is 0.294 e. The Labute approximate surface area is 116 Å². The van der Waals surface area contributed by atoms with E-state index in [1.54, 1.807) is 6.07 Å². The highest BCUT2D eigenvalue weighted by atomic mass is 32.2. The van der Waals surface area contributed by atoms with Gasteiger partial charge >= 0.3 is 0 Å². The first-order valence-corrected chi connectivity index (χ1v) is 8.29. The molecule has 0 fully saturated rings. The molecule has 1 aromatic carbocycles. The van der Waals surface area contributed by atoms with Crippen molar-refractivity contribution in [3.8, 4) is 0 Å². The Balaban J connectivity index is 3.14. The molecule has 108 valence electrons. The van der Waals surface area contributed by atoms with E-state index in [9.17, 15) is 13.0 Å². The number of hydrogen-bond donors (Lipinski definition) is 1. The van der Waals surface area contributed by atoms with Gasteiger partial charge in [0.25, 0.3) is 10.1 Å². The van der Waals surface area contributed by atoms with Gasteiger partial charge in [0.1, 0.15) is 0 Å². The molecule has 0 saturated heterocycles. The van der Waals surface area contributed by atoms with E-state index in [4.69, 9.17) is 0 Å². The highest BCUT2D eigenvalue weighted by Gasteiger charge is 2.22. The van der Waals surface area contributed by atoms with Gasteiger partial charge in [0.15, 0.2) is 0 Å². The van der Waals surface area contributed by atoms with Gasteiger partial charge in [-0.1, -0.05) is 57.7 Å². The third-order valence-electron chi connectivity index (χ3n) is 3.80. The van der Waals surface area contributed by atoms with Crippen molar-refractivity contribution in [3.05, 3.63) is 29.3 Å². The van der Waals surface area contributed by atoms with E-state index < -0.39 is 10.1 Å². The van der Waals surface area contributed by atoms with E-state index in [0.717, 1.165) is 30.4 Å². The van der Waals surface area contributed by atoms with Crippen LogP contribution in [0.1, 0.15) is 57.1 Å². The molecule has 2 unspecified atom stereocenters. The Bertz CT molecular complexity index is 520. The molecule has 19 heavy (non-hydrogen) atoms. The lowest BCUT2D eigenvalue weighted by atomic mass is 9.85. The second-order valence-electron chi connectivity index (χ2n) is 5.42. The largest absolute Gasteiger partial charge is 0.294 e. The van der Waals surface area contributed by atoms with Crippen molar-refractivity contribution in [1.82, 2.24) is 0 Å². The molecule has 0 saturated carbocycles. The zero-order chi connectivity index (χ0) is 14.6. The number of unbranched alkanes of at least 4 members (excludes halogenated alkanes) is 1. The Hall–Kier alpha value is -0.870. The van der Waals surface area contributed by atoms with Crippen molar-refractivity contribution in [1.29, 1.82) is 0 Å². The van der Waals surface area contributed by atoms with Crippen LogP contribution in [0.15, 0.2) is 23.1 Å². The first kappa shape index (κ1) is 16.2. The number of benzene rings is 1. The van der Waals surface area contributed by atoms with E-state index in [0.29, 0.717) is 5.92 Å². The van der Waals surface area contributed by atoms with Crippen molar-refractivity contribution in [2.45, 2.75) is 57.8 Å². The van der Waals surface area contributed by atoms with Crippen LogP contribution >= 0.6 is 0 Å². The fraction of sp³-hybridized carbons (Fsp3) is 0.600. The van der Waals surface area contributed by atoms with Gasteiger partial charge in [-0.25, -0.2) is 0 Å². The van der Waals surface area contributed by atoms with Crippen molar-refractivity contribution < 1.29 is 13.0 Å². The lowest BCUT2D eigenvalue weighted by molar-refractivity contribution is 0.428. The Kier molecular flexibility index (Phi) is 5.56. The predicted octanol–water partition coefficient (Wildman–Crippen LogP) is 4.17. The van der Waals surface area contributed by atoms with Gasteiger partial charge in [0.2, 0.25) is 0 Å². The lowest BCUT2D eigenvalue weighted by Gasteiger charge is -2.22. The monoisotopic (exact) mass is 284 g/mol. The van der Waals surface area contributed by atoms with Crippen LogP contribution in [0, 0.1) is 12.8 Å². The second-order valence-corrected chi connectivity index (χ2v) is 6.81. The summed E-state index contributed by atoms with van der Waals surface area (Å²) in [5.41, 5.74) is 1.74. The molecule has 0 bridgehead atoms. The molecule has 1 N–H and O–H groups in total. The van der Waals surface area contributed by atoms with Crippen LogP contribution in [-0.2, 0) is 10.1 Å². The molecule has 3 nitrogen and oxygen atoms in total. The summed E-state index contributed by atoms with van der Waals surface area (Å²) >= 11 is 0. The Morgan fingerprint density at radius 3 is 2.42 bits per heavy atom. The lowest BCUT2D eigenvalue weighted by Crippen LogP contribution is -2.12. The first-order chi connectivity index (χ1) is 8.77. The highest BCUT2D eigenvalue weighted by Crippen LogP contribution is 2.32. The van der Waals surface area contributed by atoms with E-state index in [1.165, 1.54) is 6.07 Å². The smallest absolute Gasteiger partial charge is 0.282 e. The summed E-state index contributed by atoms with van der Waals surface area (Å²) in [7, 11) is -4.15. The van der Waals surface area contributed by atoms with Crippen LogP contribution in [0.25, 0.3) is 0 Å². The number of aryl methyl sites for hydroxylation is 1. The molecular formula is C15H24O3S. The third-order valence-corrected chi connectivity index (χ3v) is 4.73. The fourth-order valence-electron chi connectivity index (χ4n) is 2.34. The number of hydrogen-bond acceptors (Lipinski definition) is 2. The summed E-state index contributed by atoms with van der Waals surface area (Å²) in [6, 6.07) is 5.09. The zero-order valence-electron chi connectivity index (χ0n) is 12.2. The summed E-state index contributed by atoms with van der Waals surface area (Å²) in [5.74, 6) is 0.505. The van der Waals surface area contributed by atoms with Crippen LogP contribution in [0.5, 0.6) is 0 Å². The average Bonchev–Trinajstić information content (AvgIpc) is 2.33. The Morgan fingerprint density at radius 1 is 1.26 bits per heavy atom. The van der Waals surface area contributed by atoms with Gasteiger partial charge in [-0.15, -0.1) is 0 Å². The molecule has 0 amide bonds. The predicted molar refractivity (Wildman–Crippen MR) is 78.1 cm³/mol. The molecule has 1 rings (SSSR count). The van der Waals surface area contributed by atoms with Crippen LogP contribution in [0.4, 0.5) is 0 Å². The van der Waals surface area contributed by atoms with Gasteiger partial charge in [-0.3, -0.25) is 4.55 Å². The summed E-state index contributed by atoms with van der Waals surface area (Å²) in [5, 5.41) is 0. The molecule has 0 radical (unpaired) electrons. The first-order valence-electron chi connectivity index (χ1n) is 6.85. The second kappa shape index (κ2) is 6.53. The molecule has 0 aliphatic heterocycles. The van der Waals surface area contributed by atoms with Gasteiger partial charge in [0.05, 0.1) is 4.90 Å². The van der Waals surface area contributed by atoms with Crippen LogP contribution in [0.3, 0.4) is 0 Å². The van der Waals surface area contributed by atoms with Crippen molar-refractivity contribution in [3.63, 3.8) is 0 Å². The van der Waals surface area contributed by atoms with E-state index in [2.05, 4.69) is 13.8 Å². The summed E-state index contributed by atoms with van der Waals surface area (Å²) in [4.78, 5) is 0.0500. The van der Waals surface area contributed by atoms with Crippen LogP contribution < -0.4 is 0 Å². The zero-order valence-corrected chi connectivity index (χ0v) is 13.0. The standard InChI is InChI=1S/C15H24O3S/c1-5-6-7-12(3)13(4)14-10-11(2)8-9-15(14)19(16,17)18/h8-10,12-13H,5-7H2,1-4H3,(H,16,17,18). The maximum atomic E-state index is 11.5. The molecule has 0 aliphatic carbocycles. The highest BCUT2D eigenvalue weighted by molar-refractivity contribution is 7.85. The third kappa shape index (κ3) is 4.32. The quantitative estimate of drug-likeness (QED) is 0.798. The molecule has 0 aliphatic rings. The van der Waals surface area contributed by atoms with Crippen molar-refractivity contribution in [2.75, 3.05) is 0 Å². The minimum absolute atomic E-state index is 0.0500. The van der Waals surface area contributed by atoms with E-state index in [1.807, 2.05) is 19.9 Å². The SMILES string of the molecule is CCCCC(C)C(C)c1cc(C)ccc1S(=O)(=O)O. The number of rotatable bonds is 6. The molecule has 1 aromatic rings. The minimum Gasteiger partial charge on any atom is -0.282 e. The normalized spacial score (nSPS) is 15.2. The summed E-state index contributed by atoms with van der Waals surface area (Å²) < 4.78 is 32.3. The van der Waals surface area contributed by atoms with E-state index >= 15 is 0 Å². The van der Waals surface area contributed by atoms with Gasteiger partial charge in [-0.05, 0) is 30.4 Å². The van der Waals surface area contributed by atoms with E-state index in [-0.39, 0.29) is 10.8 Å². The van der Waals surface area contributed by atoms with Gasteiger partial charge in [0, 0.05) is 0 Å². The molecule has 0 spiro atoms. The molecule has 2 atom stereocenters. The van der Waals surface area contributed by atoms with Crippen LogP contribution in [-0.4, -0.2) is 13.0 Å². The minimum atomic E-state index is -4.15. The topological polar surface area (TPSA) is 54.4 Å². The van der Waals surface area contributed by atoms with Gasteiger partial charge in [-0.2, -0.15) is 8.42 Å². The molecular weight excluding hydrogens is 260 g/mol. The average molecular weight is 284 g/mol. The van der Waals surface area contributed by atoms with Crippen molar-refractivity contribution >= 4 is 10.1 Å². The van der Waals surface area contributed by atoms with Gasteiger partial charge < -0.3 is 0 Å². The molecule has 0 heterocycles. The summed E-state index contributed by atoms with van der Waals surface area (Å²) in [6.45, 7) is 8.24. The Morgan fingerprint density at radius 2 is 1.89 bits per heavy atom. The van der Waals surface area contributed by atoms with Crippen molar-refractivity contribution in [2.24, 2.45) is 5.92 Å². The maximum absolute atomic E-state index is 11.5. The summed E-state index contributed by atoms with van der Waals surface area (Å²) in [6.07, 6.45) is 3.34. The fourth-order valence-corrected chi connectivity index (χ4v) is 3.12.